The Labute approximate surface area is 173 Å². The van der Waals surface area contributed by atoms with Gasteiger partial charge >= 0.3 is 5.97 Å². The Morgan fingerprint density at radius 1 is 0.846 bits per heavy atom. The highest BCUT2D eigenvalue weighted by atomic mass is 79.9. The predicted octanol–water partition coefficient (Wildman–Crippen LogP) is 7.79. The van der Waals surface area contributed by atoms with Crippen LogP contribution in [-0.2, 0) is 4.74 Å². The second-order valence-corrected chi connectivity index (χ2v) is 8.29. The molecule has 2 aromatic carbocycles. The Kier molecular flexibility index (Phi) is 9.41. The van der Waals surface area contributed by atoms with E-state index in [9.17, 15) is 4.79 Å². The standard InChI is InChI=1S/C22H26Br2O2/c1-2-3-4-5-6-7-8-15-26-22(25)21-16-19(24)13-14-20(21)17-9-11-18(23)12-10-17/h9-14,16H,2-8,15H2,1H3. The van der Waals surface area contributed by atoms with Crippen molar-refractivity contribution in [2.45, 2.75) is 51.9 Å². The van der Waals surface area contributed by atoms with Crippen LogP contribution in [0.2, 0.25) is 0 Å². The van der Waals surface area contributed by atoms with Gasteiger partial charge in [0.2, 0.25) is 0 Å². The van der Waals surface area contributed by atoms with Crippen molar-refractivity contribution in [2.24, 2.45) is 0 Å². The van der Waals surface area contributed by atoms with Crippen LogP contribution in [0.15, 0.2) is 51.4 Å². The fourth-order valence-electron chi connectivity index (χ4n) is 2.87. The summed E-state index contributed by atoms with van der Waals surface area (Å²) in [5, 5.41) is 0. The maximum atomic E-state index is 12.6. The van der Waals surface area contributed by atoms with Gasteiger partial charge in [0.25, 0.3) is 0 Å². The number of carbonyl (C=O) groups is 1. The summed E-state index contributed by atoms with van der Waals surface area (Å²) in [4.78, 5) is 12.6. The molecule has 4 heteroatoms. The molecule has 26 heavy (non-hydrogen) atoms. The third-order valence-electron chi connectivity index (χ3n) is 4.34. The summed E-state index contributed by atoms with van der Waals surface area (Å²) in [5.74, 6) is -0.254. The fraction of sp³-hybridized carbons (Fsp3) is 0.409. The Bertz CT molecular complexity index is 696. The van der Waals surface area contributed by atoms with Gasteiger partial charge in [0.15, 0.2) is 0 Å². The summed E-state index contributed by atoms with van der Waals surface area (Å²) < 4.78 is 7.42. The average Bonchev–Trinajstić information content (AvgIpc) is 2.64. The second kappa shape index (κ2) is 11.6. The number of rotatable bonds is 10. The van der Waals surface area contributed by atoms with E-state index >= 15 is 0 Å². The van der Waals surface area contributed by atoms with Crippen LogP contribution in [-0.4, -0.2) is 12.6 Å². The van der Waals surface area contributed by atoms with Crippen molar-refractivity contribution < 1.29 is 9.53 Å². The van der Waals surface area contributed by atoms with E-state index in [0.29, 0.717) is 12.2 Å². The molecule has 2 rings (SSSR count). The summed E-state index contributed by atoms with van der Waals surface area (Å²) in [6.07, 6.45) is 8.45. The molecule has 0 aliphatic carbocycles. The Morgan fingerprint density at radius 3 is 2.15 bits per heavy atom. The summed E-state index contributed by atoms with van der Waals surface area (Å²) in [7, 11) is 0. The number of esters is 1. The average molecular weight is 482 g/mol. The molecule has 0 fully saturated rings. The van der Waals surface area contributed by atoms with E-state index in [2.05, 4.69) is 38.8 Å². The molecular weight excluding hydrogens is 456 g/mol. The number of unbranched alkanes of at least 4 members (excludes halogenated alkanes) is 6. The molecule has 0 bridgehead atoms. The zero-order valence-corrected chi connectivity index (χ0v) is 18.4. The van der Waals surface area contributed by atoms with E-state index in [1.807, 2.05) is 42.5 Å². The van der Waals surface area contributed by atoms with Crippen LogP contribution in [0.4, 0.5) is 0 Å². The highest BCUT2D eigenvalue weighted by Gasteiger charge is 2.15. The molecule has 0 spiro atoms. The van der Waals surface area contributed by atoms with E-state index in [1.165, 1.54) is 32.1 Å². The highest BCUT2D eigenvalue weighted by molar-refractivity contribution is 9.10. The van der Waals surface area contributed by atoms with Crippen LogP contribution in [0.5, 0.6) is 0 Å². The molecule has 0 heterocycles. The van der Waals surface area contributed by atoms with Crippen molar-refractivity contribution in [1.82, 2.24) is 0 Å². The van der Waals surface area contributed by atoms with Gasteiger partial charge in [-0.3, -0.25) is 0 Å². The molecule has 0 radical (unpaired) electrons. The van der Waals surface area contributed by atoms with Crippen molar-refractivity contribution in [3.63, 3.8) is 0 Å². The lowest BCUT2D eigenvalue weighted by Gasteiger charge is -2.11. The Balaban J connectivity index is 1.92. The minimum Gasteiger partial charge on any atom is -0.462 e. The first kappa shape index (κ1) is 21.2. The van der Waals surface area contributed by atoms with Crippen LogP contribution >= 0.6 is 31.9 Å². The van der Waals surface area contributed by atoms with Crippen LogP contribution in [0.1, 0.15) is 62.2 Å². The molecule has 0 aromatic heterocycles. The van der Waals surface area contributed by atoms with Gasteiger partial charge in [-0.1, -0.05) is 95.5 Å². The molecule has 0 unspecified atom stereocenters. The molecule has 0 saturated carbocycles. The molecule has 140 valence electrons. The van der Waals surface area contributed by atoms with Crippen molar-refractivity contribution in [3.8, 4) is 11.1 Å². The van der Waals surface area contributed by atoms with E-state index < -0.39 is 0 Å². The van der Waals surface area contributed by atoms with Crippen molar-refractivity contribution >= 4 is 37.8 Å². The van der Waals surface area contributed by atoms with Crippen LogP contribution in [0.25, 0.3) is 11.1 Å². The van der Waals surface area contributed by atoms with Gasteiger partial charge < -0.3 is 4.74 Å². The van der Waals surface area contributed by atoms with Gasteiger partial charge in [-0.25, -0.2) is 4.79 Å². The van der Waals surface area contributed by atoms with Gasteiger partial charge in [-0.15, -0.1) is 0 Å². The summed E-state index contributed by atoms with van der Waals surface area (Å²) in [5.41, 5.74) is 2.50. The van der Waals surface area contributed by atoms with Crippen molar-refractivity contribution in [3.05, 3.63) is 57.0 Å². The molecule has 0 N–H and O–H groups in total. The third kappa shape index (κ3) is 6.88. The minimum absolute atomic E-state index is 0.254. The molecule has 0 amide bonds. The smallest absolute Gasteiger partial charge is 0.338 e. The van der Waals surface area contributed by atoms with Gasteiger partial charge in [-0.2, -0.15) is 0 Å². The number of benzene rings is 2. The van der Waals surface area contributed by atoms with E-state index in [-0.39, 0.29) is 5.97 Å². The zero-order valence-electron chi connectivity index (χ0n) is 15.3. The zero-order chi connectivity index (χ0) is 18.8. The summed E-state index contributed by atoms with van der Waals surface area (Å²) >= 11 is 6.90. The predicted molar refractivity (Wildman–Crippen MR) is 116 cm³/mol. The summed E-state index contributed by atoms with van der Waals surface area (Å²) in [6.45, 7) is 2.71. The lowest BCUT2D eigenvalue weighted by Crippen LogP contribution is -2.08. The third-order valence-corrected chi connectivity index (χ3v) is 5.36. The first-order chi connectivity index (χ1) is 12.6. The Hall–Kier alpha value is -1.13. The Morgan fingerprint density at radius 2 is 1.46 bits per heavy atom. The van der Waals surface area contributed by atoms with E-state index in [4.69, 9.17) is 4.74 Å². The second-order valence-electron chi connectivity index (χ2n) is 6.45. The SMILES string of the molecule is CCCCCCCCCOC(=O)c1cc(Br)ccc1-c1ccc(Br)cc1. The van der Waals surface area contributed by atoms with Crippen molar-refractivity contribution in [1.29, 1.82) is 0 Å². The van der Waals surface area contributed by atoms with E-state index in [1.54, 1.807) is 0 Å². The number of carbonyl (C=O) groups excluding carboxylic acids is 1. The highest BCUT2D eigenvalue weighted by Crippen LogP contribution is 2.28. The summed E-state index contributed by atoms with van der Waals surface area (Å²) in [6, 6.07) is 13.7. The van der Waals surface area contributed by atoms with Crippen molar-refractivity contribution in [2.75, 3.05) is 6.61 Å². The first-order valence-electron chi connectivity index (χ1n) is 9.34. The molecule has 2 aromatic rings. The normalized spacial score (nSPS) is 10.7. The lowest BCUT2D eigenvalue weighted by atomic mass is 10.00. The van der Waals surface area contributed by atoms with Gasteiger partial charge in [-0.05, 0) is 41.8 Å². The maximum Gasteiger partial charge on any atom is 0.338 e. The lowest BCUT2D eigenvalue weighted by molar-refractivity contribution is 0.0498. The number of halogens is 2. The first-order valence-corrected chi connectivity index (χ1v) is 10.9. The number of hydrogen-bond acceptors (Lipinski definition) is 2. The minimum atomic E-state index is -0.254. The van der Waals surface area contributed by atoms with Crippen LogP contribution in [0, 0.1) is 0 Å². The fourth-order valence-corrected chi connectivity index (χ4v) is 3.49. The number of ether oxygens (including phenoxy) is 1. The van der Waals surface area contributed by atoms with Crippen LogP contribution < -0.4 is 0 Å². The van der Waals surface area contributed by atoms with Gasteiger partial charge in [0.05, 0.1) is 12.2 Å². The molecule has 0 saturated heterocycles. The molecule has 0 aliphatic rings. The number of hydrogen-bond donors (Lipinski definition) is 0. The molecule has 0 atom stereocenters. The molecule has 0 aliphatic heterocycles. The quantitative estimate of drug-likeness (QED) is 0.255. The molecular formula is C22H26Br2O2. The topological polar surface area (TPSA) is 26.3 Å². The van der Waals surface area contributed by atoms with Gasteiger partial charge in [0.1, 0.15) is 0 Å². The van der Waals surface area contributed by atoms with Gasteiger partial charge in [0, 0.05) is 8.95 Å². The molecule has 2 nitrogen and oxygen atoms in total. The van der Waals surface area contributed by atoms with E-state index in [0.717, 1.165) is 32.9 Å². The largest absolute Gasteiger partial charge is 0.462 e. The van der Waals surface area contributed by atoms with Crippen LogP contribution in [0.3, 0.4) is 0 Å². The monoisotopic (exact) mass is 480 g/mol. The maximum absolute atomic E-state index is 12.6.